The van der Waals surface area contributed by atoms with Crippen molar-refractivity contribution in [3.05, 3.63) is 209 Å². The van der Waals surface area contributed by atoms with E-state index in [1.54, 1.807) is 11.3 Å². The molecule has 0 bridgehead atoms. The van der Waals surface area contributed by atoms with E-state index in [2.05, 4.69) is 18.2 Å². The van der Waals surface area contributed by atoms with Crippen LogP contribution in [-0.2, 0) is 10.9 Å². The predicted octanol–water partition coefficient (Wildman–Crippen LogP) is 9.57. The summed E-state index contributed by atoms with van der Waals surface area (Å²) in [6.07, 6.45) is 0. The van der Waals surface area contributed by atoms with Gasteiger partial charge in [-0.05, 0) is 78.9 Å². The normalized spacial score (nSPS) is 11.9. The Morgan fingerprint density at radius 3 is 1.09 bits per heavy atom. The maximum absolute atomic E-state index is 13.4. The molecule has 1 heterocycles. The van der Waals surface area contributed by atoms with Crippen molar-refractivity contribution in [3.8, 4) is 0 Å². The standard InChI is InChI=1S/C45H29O3S2.6FH.Sb/c46-43(30-10-4-1-5-11-30)33-16-21-36(22-17-33)50(37-23-18-34(19-24-37)44(47)31-12-6-2-7-13-31)38-25-27-42-40(29-38)39-28-35(20-26-41(39)49-42)45(48)32-14-8-3-9-15-32;;;;;;;/h1-29H;6*1H;/q+1;;;;;;;+5/p-6. The molecule has 12 heteroatoms. The van der Waals surface area contributed by atoms with Crippen molar-refractivity contribution >= 4 is 80.1 Å². The minimum absolute atomic E-state index is 0. The second-order valence-electron chi connectivity index (χ2n) is 12.6. The van der Waals surface area contributed by atoms with Gasteiger partial charge in [-0.25, -0.2) is 0 Å². The second-order valence-corrected chi connectivity index (χ2v) is 19.3. The number of hydrogen-bond acceptors (Lipinski definition) is 4. The van der Waals surface area contributed by atoms with Crippen molar-refractivity contribution in [2.24, 2.45) is 0 Å². The number of fused-ring (bicyclic) bond motifs is 3. The van der Waals surface area contributed by atoms with Crippen LogP contribution in [0.4, 0.5) is 14.1 Å². The van der Waals surface area contributed by atoms with Crippen LogP contribution in [0.2, 0.25) is 0 Å². The zero-order valence-corrected chi connectivity index (χ0v) is 33.7. The monoisotopic (exact) mass is 916 g/mol. The fraction of sp³-hybridized carbons (Fsp3) is 0. The summed E-state index contributed by atoms with van der Waals surface area (Å²) in [7, 11) is -0.558. The molecule has 0 fully saturated rings. The second kappa shape index (κ2) is 16.9. The van der Waals surface area contributed by atoms with Gasteiger partial charge in [0.2, 0.25) is 0 Å². The van der Waals surface area contributed by atoms with Crippen LogP contribution < -0.4 is 4.70 Å². The molecular formula is C45H29F6O3S2Sb. The molecular weight excluding hydrogens is 888 g/mol. The molecule has 8 aromatic rings. The molecule has 0 aliphatic heterocycles. The molecule has 0 saturated carbocycles. The molecule has 8 rings (SSSR count). The van der Waals surface area contributed by atoms with Crippen LogP contribution in [0.5, 0.6) is 0 Å². The molecule has 3 nitrogen and oxygen atoms in total. The molecule has 0 spiro atoms. The average Bonchev–Trinajstić information content (AvgIpc) is 3.58. The molecule has 0 unspecified atom stereocenters. The first-order valence-electron chi connectivity index (χ1n) is 17.1. The summed E-state index contributed by atoms with van der Waals surface area (Å²) in [5.41, 5.74) is 3.88. The Hall–Kier alpha value is -5.48. The fourth-order valence-corrected chi connectivity index (χ4v) is 9.33. The van der Waals surface area contributed by atoms with E-state index in [1.807, 2.05) is 158 Å². The van der Waals surface area contributed by atoms with E-state index in [9.17, 15) is 28.4 Å². The molecule has 0 saturated heterocycles. The molecule has 286 valence electrons. The van der Waals surface area contributed by atoms with Crippen molar-refractivity contribution in [1.82, 2.24) is 0 Å². The van der Waals surface area contributed by atoms with Crippen molar-refractivity contribution in [1.29, 1.82) is 0 Å². The third-order valence-corrected chi connectivity index (χ3v) is 12.1. The number of ketones is 3. The van der Waals surface area contributed by atoms with Gasteiger partial charge in [0, 0.05) is 59.6 Å². The molecule has 0 aliphatic rings. The van der Waals surface area contributed by atoms with Gasteiger partial charge in [-0.1, -0.05) is 91.0 Å². The minimum atomic E-state index is -9.19. The SMILES string of the molecule is O=C(c1ccccc1)c1ccc([S+](c2ccc(C(=O)c3ccccc3)cc2)c2ccc3sc4ccc(C(=O)c5ccccc5)cc4c3c2)cc1.[F-].[F][Sb]([F])([F])([F])[F]. The van der Waals surface area contributed by atoms with E-state index in [4.69, 9.17) is 0 Å². The van der Waals surface area contributed by atoms with Crippen LogP contribution in [0.1, 0.15) is 47.8 Å². The first-order chi connectivity index (χ1) is 26.8. The zero-order valence-electron chi connectivity index (χ0n) is 29.5. The van der Waals surface area contributed by atoms with Crippen molar-refractivity contribution in [3.63, 3.8) is 0 Å². The third-order valence-electron chi connectivity index (χ3n) is 8.75. The number of rotatable bonds is 9. The van der Waals surface area contributed by atoms with Crippen LogP contribution in [0, 0.1) is 0 Å². The van der Waals surface area contributed by atoms with Gasteiger partial charge in [0.05, 0.1) is 10.9 Å². The number of benzene rings is 7. The average molecular weight is 918 g/mol. The van der Waals surface area contributed by atoms with Crippen LogP contribution in [-0.4, -0.2) is 37.7 Å². The van der Waals surface area contributed by atoms with Gasteiger partial charge in [-0.2, -0.15) is 0 Å². The quantitative estimate of drug-likeness (QED) is 0.0628. The molecule has 0 amide bonds. The Morgan fingerprint density at radius 1 is 0.386 bits per heavy atom. The van der Waals surface area contributed by atoms with Crippen LogP contribution in [0.3, 0.4) is 0 Å². The summed E-state index contributed by atoms with van der Waals surface area (Å²) in [6, 6.07) is 56.3. The van der Waals surface area contributed by atoms with Gasteiger partial charge in [-0.15, -0.1) is 11.3 Å². The maximum atomic E-state index is 13.4. The third kappa shape index (κ3) is 10.1. The molecule has 0 radical (unpaired) electrons. The van der Waals surface area contributed by atoms with Crippen molar-refractivity contribution in [2.45, 2.75) is 14.7 Å². The summed E-state index contributed by atoms with van der Waals surface area (Å²) < 4.78 is 51.8. The number of carbonyl (C=O) groups excluding carboxylic acids is 3. The fourth-order valence-electron chi connectivity index (χ4n) is 6.19. The van der Waals surface area contributed by atoms with E-state index < -0.39 is 31.2 Å². The summed E-state index contributed by atoms with van der Waals surface area (Å²) in [4.78, 5) is 43.1. The summed E-state index contributed by atoms with van der Waals surface area (Å²) in [5, 5.41) is 2.14. The van der Waals surface area contributed by atoms with E-state index in [1.165, 1.54) is 0 Å². The Balaban J connectivity index is 0.000000730. The summed E-state index contributed by atoms with van der Waals surface area (Å²) in [5.74, 6) is -0.0429. The number of thiophene rings is 1. The van der Waals surface area contributed by atoms with Crippen LogP contribution in [0.25, 0.3) is 20.2 Å². The Kier molecular flexibility index (Phi) is 12.2. The van der Waals surface area contributed by atoms with Gasteiger partial charge >= 0.3 is 34.4 Å². The van der Waals surface area contributed by atoms with E-state index in [0.717, 1.165) is 34.9 Å². The van der Waals surface area contributed by atoms with Crippen molar-refractivity contribution in [2.75, 3.05) is 0 Å². The number of hydrogen-bond donors (Lipinski definition) is 0. The molecule has 0 N–H and O–H groups in total. The molecule has 57 heavy (non-hydrogen) atoms. The van der Waals surface area contributed by atoms with Crippen LogP contribution in [0.15, 0.2) is 191 Å². The van der Waals surface area contributed by atoms with Gasteiger partial charge in [-0.3, -0.25) is 14.4 Å². The van der Waals surface area contributed by atoms with Gasteiger partial charge in [0.15, 0.2) is 32.0 Å². The Labute approximate surface area is 335 Å². The van der Waals surface area contributed by atoms with E-state index in [-0.39, 0.29) is 22.1 Å². The van der Waals surface area contributed by atoms with E-state index in [0.29, 0.717) is 33.4 Å². The first kappa shape index (κ1) is 41.2. The summed E-state index contributed by atoms with van der Waals surface area (Å²) in [6.45, 7) is 0. The zero-order chi connectivity index (χ0) is 39.5. The number of halogens is 6. The Morgan fingerprint density at radius 2 is 0.684 bits per heavy atom. The summed E-state index contributed by atoms with van der Waals surface area (Å²) >= 11 is -7.48. The number of carbonyl (C=O) groups is 3. The molecule has 0 aliphatic carbocycles. The molecule has 1 aromatic heterocycles. The van der Waals surface area contributed by atoms with Gasteiger partial charge < -0.3 is 4.70 Å². The van der Waals surface area contributed by atoms with Crippen LogP contribution >= 0.6 is 11.3 Å². The van der Waals surface area contributed by atoms with Gasteiger partial charge in [0.25, 0.3) is 0 Å². The topological polar surface area (TPSA) is 51.2 Å². The van der Waals surface area contributed by atoms with E-state index >= 15 is 0 Å². The predicted molar refractivity (Wildman–Crippen MR) is 215 cm³/mol. The Bertz CT molecular complexity index is 2590. The first-order valence-corrected chi connectivity index (χ1v) is 23.9. The molecule has 0 atom stereocenters. The van der Waals surface area contributed by atoms with Crippen molar-refractivity contribution < 1.29 is 33.2 Å². The molecule has 7 aromatic carbocycles. The van der Waals surface area contributed by atoms with Gasteiger partial charge in [0.1, 0.15) is 0 Å².